The Balaban J connectivity index is 1.62. The molecule has 4 aromatic carbocycles. The molecule has 0 saturated heterocycles. The van der Waals surface area contributed by atoms with E-state index in [0.717, 1.165) is 33.6 Å². The Labute approximate surface area is 194 Å². The van der Waals surface area contributed by atoms with Gasteiger partial charge in [-0.3, -0.25) is 4.79 Å². The normalized spacial score (nSPS) is 11.0. The number of benzene rings is 4. The van der Waals surface area contributed by atoms with Gasteiger partial charge in [-0.2, -0.15) is 0 Å². The van der Waals surface area contributed by atoms with E-state index >= 15 is 0 Å². The van der Waals surface area contributed by atoms with E-state index in [2.05, 4.69) is 24.3 Å². The fraction of sp³-hybridized carbons (Fsp3) is 0.138. The van der Waals surface area contributed by atoms with E-state index < -0.39 is 0 Å². The van der Waals surface area contributed by atoms with Gasteiger partial charge in [0.25, 0.3) is 0 Å². The zero-order valence-corrected chi connectivity index (χ0v) is 18.9. The number of carbonyl (C=O) groups excluding carboxylic acids is 1. The quantitative estimate of drug-likeness (QED) is 0.313. The third-order valence-corrected chi connectivity index (χ3v) is 5.60. The molecule has 4 aromatic rings. The molecule has 0 aliphatic heterocycles. The molecule has 0 bridgehead atoms. The van der Waals surface area contributed by atoms with Crippen molar-refractivity contribution in [2.24, 2.45) is 0 Å². The third-order valence-electron chi connectivity index (χ3n) is 5.60. The molecule has 0 aliphatic rings. The molecule has 0 saturated carbocycles. The molecule has 4 heteroatoms. The molecule has 1 amide bonds. The van der Waals surface area contributed by atoms with E-state index in [0.29, 0.717) is 13.1 Å². The van der Waals surface area contributed by atoms with E-state index in [1.165, 1.54) is 5.39 Å². The minimum atomic E-state index is -0.0541. The van der Waals surface area contributed by atoms with Crippen LogP contribution < -0.4 is 9.47 Å². The number of fused-ring (bicyclic) bond motifs is 1. The first-order valence-electron chi connectivity index (χ1n) is 10.9. The molecule has 33 heavy (non-hydrogen) atoms. The number of carbonyl (C=O) groups is 1. The van der Waals surface area contributed by atoms with Crippen molar-refractivity contribution in [3.05, 3.63) is 114 Å². The van der Waals surface area contributed by atoms with Crippen molar-refractivity contribution in [1.29, 1.82) is 0 Å². The van der Waals surface area contributed by atoms with Gasteiger partial charge in [-0.25, -0.2) is 0 Å². The Morgan fingerprint density at radius 2 is 1.52 bits per heavy atom. The first-order chi connectivity index (χ1) is 16.2. The number of methoxy groups -OCH3 is 2. The van der Waals surface area contributed by atoms with Crippen molar-refractivity contribution in [2.75, 3.05) is 14.2 Å². The number of hydrogen-bond acceptors (Lipinski definition) is 3. The Bertz CT molecular complexity index is 1260. The first-order valence-corrected chi connectivity index (χ1v) is 10.9. The number of rotatable bonds is 8. The smallest absolute Gasteiger partial charge is 0.247 e. The molecule has 166 valence electrons. The molecular weight excluding hydrogens is 410 g/mol. The van der Waals surface area contributed by atoms with Crippen molar-refractivity contribution in [3.8, 4) is 11.5 Å². The molecule has 0 fully saturated rings. The highest BCUT2D eigenvalue weighted by Gasteiger charge is 2.14. The van der Waals surface area contributed by atoms with Crippen LogP contribution in [0.25, 0.3) is 16.8 Å². The molecule has 4 nitrogen and oxygen atoms in total. The summed E-state index contributed by atoms with van der Waals surface area (Å²) >= 11 is 0. The van der Waals surface area contributed by atoms with Gasteiger partial charge in [-0.05, 0) is 57.8 Å². The van der Waals surface area contributed by atoms with Gasteiger partial charge in [0.2, 0.25) is 5.91 Å². The predicted molar refractivity (Wildman–Crippen MR) is 133 cm³/mol. The summed E-state index contributed by atoms with van der Waals surface area (Å²) in [5.41, 5.74) is 3.07. The van der Waals surface area contributed by atoms with Crippen LogP contribution in [0.5, 0.6) is 11.5 Å². The summed E-state index contributed by atoms with van der Waals surface area (Å²) in [4.78, 5) is 15.2. The van der Waals surface area contributed by atoms with Crippen LogP contribution in [-0.2, 0) is 17.9 Å². The van der Waals surface area contributed by atoms with Gasteiger partial charge in [0.05, 0.1) is 14.2 Å². The van der Waals surface area contributed by atoms with Crippen molar-refractivity contribution in [3.63, 3.8) is 0 Å². The maximum Gasteiger partial charge on any atom is 0.247 e. The summed E-state index contributed by atoms with van der Waals surface area (Å²) in [5.74, 6) is 1.50. The Morgan fingerprint density at radius 3 is 2.30 bits per heavy atom. The van der Waals surface area contributed by atoms with Crippen LogP contribution in [0, 0.1) is 0 Å². The van der Waals surface area contributed by atoms with Gasteiger partial charge < -0.3 is 14.4 Å². The largest absolute Gasteiger partial charge is 0.497 e. The summed E-state index contributed by atoms with van der Waals surface area (Å²) < 4.78 is 10.6. The topological polar surface area (TPSA) is 38.8 Å². The van der Waals surface area contributed by atoms with Crippen LogP contribution in [-0.4, -0.2) is 25.0 Å². The standard InChI is InChI=1S/C29H27NO3/c1-32-26-16-13-23(14-17-26)20-30(21-25-10-6-9-24-8-3-4-12-28(24)25)29(31)18-15-22-7-5-11-27(19-22)33-2/h3-19H,20-21H2,1-2H3/b18-15+. The Hall–Kier alpha value is -4.05. The second kappa shape index (κ2) is 10.5. The number of ether oxygens (including phenoxy) is 2. The fourth-order valence-corrected chi connectivity index (χ4v) is 3.82. The lowest BCUT2D eigenvalue weighted by Crippen LogP contribution is -2.28. The highest BCUT2D eigenvalue weighted by molar-refractivity contribution is 5.92. The maximum atomic E-state index is 13.3. The number of amides is 1. The lowest BCUT2D eigenvalue weighted by molar-refractivity contribution is -0.127. The average Bonchev–Trinajstić information content (AvgIpc) is 2.87. The van der Waals surface area contributed by atoms with Crippen molar-refractivity contribution < 1.29 is 14.3 Å². The lowest BCUT2D eigenvalue weighted by atomic mass is 10.0. The lowest BCUT2D eigenvalue weighted by Gasteiger charge is -2.23. The van der Waals surface area contributed by atoms with E-state index in [1.807, 2.05) is 77.7 Å². The third kappa shape index (κ3) is 5.60. The van der Waals surface area contributed by atoms with Crippen molar-refractivity contribution in [2.45, 2.75) is 13.1 Å². The summed E-state index contributed by atoms with van der Waals surface area (Å²) in [6.07, 6.45) is 3.46. The molecule has 0 heterocycles. The number of hydrogen-bond donors (Lipinski definition) is 0. The highest BCUT2D eigenvalue weighted by atomic mass is 16.5. The van der Waals surface area contributed by atoms with Crippen LogP contribution >= 0.6 is 0 Å². The molecule has 0 radical (unpaired) electrons. The minimum Gasteiger partial charge on any atom is -0.497 e. The van der Waals surface area contributed by atoms with Gasteiger partial charge in [-0.1, -0.05) is 66.7 Å². The van der Waals surface area contributed by atoms with Gasteiger partial charge >= 0.3 is 0 Å². The van der Waals surface area contributed by atoms with Crippen molar-refractivity contribution in [1.82, 2.24) is 4.90 Å². The molecule has 0 spiro atoms. The van der Waals surface area contributed by atoms with Crippen LogP contribution in [0.15, 0.2) is 97.1 Å². The van der Waals surface area contributed by atoms with Crippen LogP contribution in [0.1, 0.15) is 16.7 Å². The summed E-state index contributed by atoms with van der Waals surface area (Å²) in [6, 6.07) is 30.0. The number of nitrogens with zero attached hydrogens (tertiary/aromatic N) is 1. The monoisotopic (exact) mass is 437 g/mol. The van der Waals surface area contributed by atoms with Crippen LogP contribution in [0.2, 0.25) is 0 Å². The minimum absolute atomic E-state index is 0.0541. The molecule has 0 atom stereocenters. The summed E-state index contributed by atoms with van der Waals surface area (Å²) in [5, 5.41) is 2.32. The molecule has 0 N–H and O–H groups in total. The average molecular weight is 438 g/mol. The van der Waals surface area contributed by atoms with Gasteiger partial charge in [0.1, 0.15) is 11.5 Å². The van der Waals surface area contributed by atoms with E-state index in [9.17, 15) is 4.79 Å². The maximum absolute atomic E-state index is 13.3. The fourth-order valence-electron chi connectivity index (χ4n) is 3.82. The van der Waals surface area contributed by atoms with E-state index in [-0.39, 0.29) is 5.91 Å². The Kier molecular flexibility index (Phi) is 7.06. The molecule has 0 aliphatic carbocycles. The summed E-state index contributed by atoms with van der Waals surface area (Å²) in [7, 11) is 3.28. The van der Waals surface area contributed by atoms with Gasteiger partial charge in [0.15, 0.2) is 0 Å². The van der Waals surface area contributed by atoms with Crippen LogP contribution in [0.3, 0.4) is 0 Å². The molecular formula is C29H27NO3. The predicted octanol–water partition coefficient (Wildman–Crippen LogP) is 6.10. The zero-order chi connectivity index (χ0) is 23.0. The SMILES string of the molecule is COc1ccc(CN(Cc2cccc3ccccc23)C(=O)/C=C/c2cccc(OC)c2)cc1. The Morgan fingerprint density at radius 1 is 0.788 bits per heavy atom. The first kappa shape index (κ1) is 22.2. The van der Waals surface area contributed by atoms with Gasteiger partial charge in [-0.15, -0.1) is 0 Å². The van der Waals surface area contributed by atoms with E-state index in [4.69, 9.17) is 9.47 Å². The van der Waals surface area contributed by atoms with Crippen LogP contribution in [0.4, 0.5) is 0 Å². The molecule has 4 rings (SSSR count). The second-order valence-corrected chi connectivity index (χ2v) is 7.79. The summed E-state index contributed by atoms with van der Waals surface area (Å²) in [6.45, 7) is 1.00. The van der Waals surface area contributed by atoms with Gasteiger partial charge in [0, 0.05) is 19.2 Å². The highest BCUT2D eigenvalue weighted by Crippen LogP contribution is 2.22. The molecule has 0 aromatic heterocycles. The van der Waals surface area contributed by atoms with Crippen molar-refractivity contribution >= 4 is 22.8 Å². The molecule has 0 unspecified atom stereocenters. The second-order valence-electron chi connectivity index (χ2n) is 7.79. The van der Waals surface area contributed by atoms with E-state index in [1.54, 1.807) is 20.3 Å². The zero-order valence-electron chi connectivity index (χ0n) is 18.9.